The third kappa shape index (κ3) is 4.83. The molecule has 3 aromatic rings. The number of hydrogen-bond acceptors (Lipinski definition) is 7. The Balaban J connectivity index is 1.37. The fraction of sp³-hybridized carbons (Fsp3) is 0.364. The van der Waals surface area contributed by atoms with E-state index in [4.69, 9.17) is 0 Å². The van der Waals surface area contributed by atoms with Gasteiger partial charge in [-0.1, -0.05) is 6.07 Å². The zero-order valence-electron chi connectivity index (χ0n) is 17.4. The van der Waals surface area contributed by atoms with Gasteiger partial charge in [-0.15, -0.1) is 0 Å². The molecule has 156 valence electrons. The van der Waals surface area contributed by atoms with E-state index in [9.17, 15) is 4.79 Å². The standard InChI is InChI=1S/C22H27N7O/c1-23-20-6-4-16-11-15(3-5-18(16)28-20)13-24-22(30)19-12-21(26-14-25-19)27-17-7-9-29(2)10-8-17/h3-6,11-12,14,17H,7-10,13H2,1-2H3,(H,23,28)(H,24,30)(H,25,26,27). The minimum absolute atomic E-state index is 0.215. The highest BCUT2D eigenvalue weighted by Gasteiger charge is 2.17. The molecule has 0 atom stereocenters. The van der Waals surface area contributed by atoms with Gasteiger partial charge in [0.25, 0.3) is 5.91 Å². The number of nitrogens with zero attached hydrogens (tertiary/aromatic N) is 4. The van der Waals surface area contributed by atoms with Gasteiger partial charge in [0.2, 0.25) is 0 Å². The zero-order chi connectivity index (χ0) is 20.9. The number of rotatable bonds is 6. The zero-order valence-corrected chi connectivity index (χ0v) is 17.4. The second-order valence-electron chi connectivity index (χ2n) is 7.67. The van der Waals surface area contributed by atoms with Crippen LogP contribution >= 0.6 is 0 Å². The number of aromatic nitrogens is 3. The minimum atomic E-state index is -0.215. The first kappa shape index (κ1) is 20.0. The first-order chi connectivity index (χ1) is 14.6. The largest absolute Gasteiger partial charge is 0.373 e. The molecular formula is C22H27N7O. The highest BCUT2D eigenvalue weighted by molar-refractivity contribution is 5.92. The quantitative estimate of drug-likeness (QED) is 0.580. The third-order valence-electron chi connectivity index (χ3n) is 5.43. The van der Waals surface area contributed by atoms with Gasteiger partial charge in [-0.25, -0.2) is 15.0 Å². The molecule has 4 rings (SSSR count). The van der Waals surface area contributed by atoms with Crippen molar-refractivity contribution in [3.63, 3.8) is 0 Å². The molecule has 0 bridgehead atoms. The summed E-state index contributed by atoms with van der Waals surface area (Å²) in [5, 5.41) is 10.4. The van der Waals surface area contributed by atoms with Gasteiger partial charge in [0.1, 0.15) is 23.7 Å². The van der Waals surface area contributed by atoms with Crippen molar-refractivity contribution in [3.05, 3.63) is 54.0 Å². The van der Waals surface area contributed by atoms with Crippen LogP contribution in [0.25, 0.3) is 10.9 Å². The summed E-state index contributed by atoms with van der Waals surface area (Å²) in [6.45, 7) is 2.55. The van der Waals surface area contributed by atoms with Crippen LogP contribution in [0, 0.1) is 0 Å². The van der Waals surface area contributed by atoms with Gasteiger partial charge in [0.15, 0.2) is 0 Å². The molecule has 1 fully saturated rings. The van der Waals surface area contributed by atoms with E-state index in [1.165, 1.54) is 6.33 Å². The fourth-order valence-electron chi connectivity index (χ4n) is 3.62. The predicted octanol–water partition coefficient (Wildman–Crippen LogP) is 2.50. The number of hydrogen-bond donors (Lipinski definition) is 3. The van der Waals surface area contributed by atoms with Crippen molar-refractivity contribution in [2.24, 2.45) is 0 Å². The lowest BCUT2D eigenvalue weighted by Crippen LogP contribution is -2.37. The van der Waals surface area contributed by atoms with Crippen LogP contribution in [0.3, 0.4) is 0 Å². The molecule has 30 heavy (non-hydrogen) atoms. The highest BCUT2D eigenvalue weighted by atomic mass is 16.1. The Morgan fingerprint density at radius 2 is 1.93 bits per heavy atom. The van der Waals surface area contributed by atoms with E-state index >= 15 is 0 Å². The molecule has 1 aliphatic heterocycles. The van der Waals surface area contributed by atoms with Gasteiger partial charge in [0.05, 0.1) is 5.52 Å². The Labute approximate surface area is 176 Å². The molecule has 0 aliphatic carbocycles. The van der Waals surface area contributed by atoms with E-state index in [-0.39, 0.29) is 5.91 Å². The van der Waals surface area contributed by atoms with E-state index in [0.717, 1.165) is 48.2 Å². The number of nitrogens with one attached hydrogen (secondary N) is 3. The molecule has 8 heteroatoms. The number of carbonyl (C=O) groups is 1. The van der Waals surface area contributed by atoms with Crippen LogP contribution in [0.4, 0.5) is 11.6 Å². The molecule has 1 saturated heterocycles. The lowest BCUT2D eigenvalue weighted by atomic mass is 10.1. The maximum absolute atomic E-state index is 12.6. The van der Waals surface area contributed by atoms with Crippen molar-refractivity contribution in [1.82, 2.24) is 25.2 Å². The first-order valence-electron chi connectivity index (χ1n) is 10.2. The maximum Gasteiger partial charge on any atom is 0.270 e. The number of carbonyl (C=O) groups excluding carboxylic acids is 1. The van der Waals surface area contributed by atoms with Crippen molar-refractivity contribution in [1.29, 1.82) is 0 Å². The number of likely N-dealkylation sites (tertiary alicyclic amines) is 1. The van der Waals surface area contributed by atoms with Gasteiger partial charge < -0.3 is 20.9 Å². The average molecular weight is 406 g/mol. The molecule has 0 unspecified atom stereocenters. The van der Waals surface area contributed by atoms with Crippen LogP contribution in [-0.2, 0) is 6.54 Å². The molecule has 0 saturated carbocycles. The molecule has 3 N–H and O–H groups in total. The molecule has 0 radical (unpaired) electrons. The van der Waals surface area contributed by atoms with E-state index in [1.54, 1.807) is 6.07 Å². The van der Waals surface area contributed by atoms with Gasteiger partial charge in [-0.05, 0) is 62.8 Å². The molecular weight excluding hydrogens is 378 g/mol. The highest BCUT2D eigenvalue weighted by Crippen LogP contribution is 2.17. The smallest absolute Gasteiger partial charge is 0.270 e. The van der Waals surface area contributed by atoms with Crippen LogP contribution < -0.4 is 16.0 Å². The maximum atomic E-state index is 12.6. The number of amides is 1. The lowest BCUT2D eigenvalue weighted by Gasteiger charge is -2.29. The molecule has 3 heterocycles. The van der Waals surface area contributed by atoms with Gasteiger partial charge in [-0.3, -0.25) is 4.79 Å². The molecule has 0 spiro atoms. The van der Waals surface area contributed by atoms with E-state index in [2.05, 4.69) is 42.8 Å². The van der Waals surface area contributed by atoms with Crippen LogP contribution in [0.2, 0.25) is 0 Å². The number of piperidine rings is 1. The molecule has 2 aromatic heterocycles. The summed E-state index contributed by atoms with van der Waals surface area (Å²) in [5.74, 6) is 1.31. The molecule has 1 aromatic carbocycles. The molecule has 1 amide bonds. The predicted molar refractivity (Wildman–Crippen MR) is 119 cm³/mol. The summed E-state index contributed by atoms with van der Waals surface area (Å²) in [7, 11) is 3.98. The number of benzene rings is 1. The third-order valence-corrected chi connectivity index (χ3v) is 5.43. The second-order valence-corrected chi connectivity index (χ2v) is 7.67. The topological polar surface area (TPSA) is 95.1 Å². The van der Waals surface area contributed by atoms with E-state index in [1.807, 2.05) is 37.4 Å². The monoisotopic (exact) mass is 405 g/mol. The Morgan fingerprint density at radius 3 is 2.73 bits per heavy atom. The summed E-state index contributed by atoms with van der Waals surface area (Å²) in [6, 6.07) is 12.0. The van der Waals surface area contributed by atoms with Gasteiger partial charge in [0, 0.05) is 31.1 Å². The summed E-state index contributed by atoms with van der Waals surface area (Å²) in [6.07, 6.45) is 3.57. The summed E-state index contributed by atoms with van der Waals surface area (Å²) < 4.78 is 0. The van der Waals surface area contributed by atoms with Crippen LogP contribution in [0.1, 0.15) is 28.9 Å². The average Bonchev–Trinajstić information content (AvgIpc) is 2.78. The van der Waals surface area contributed by atoms with Crippen LogP contribution in [0.5, 0.6) is 0 Å². The fourth-order valence-corrected chi connectivity index (χ4v) is 3.62. The SMILES string of the molecule is CNc1ccc2cc(CNC(=O)c3cc(NC4CCN(C)CC4)ncn3)ccc2n1. The second kappa shape index (κ2) is 9.04. The number of anilines is 2. The van der Waals surface area contributed by atoms with Crippen LogP contribution in [0.15, 0.2) is 42.7 Å². The lowest BCUT2D eigenvalue weighted by molar-refractivity contribution is 0.0946. The van der Waals surface area contributed by atoms with Gasteiger partial charge in [-0.2, -0.15) is 0 Å². The normalized spacial score (nSPS) is 15.1. The minimum Gasteiger partial charge on any atom is -0.373 e. The molecule has 1 aliphatic rings. The number of pyridine rings is 1. The molecule has 8 nitrogen and oxygen atoms in total. The first-order valence-corrected chi connectivity index (χ1v) is 10.2. The Bertz CT molecular complexity index is 1030. The van der Waals surface area contributed by atoms with Crippen molar-refractivity contribution in [2.45, 2.75) is 25.4 Å². The van der Waals surface area contributed by atoms with E-state index in [0.29, 0.717) is 24.1 Å². The summed E-state index contributed by atoms with van der Waals surface area (Å²) in [5.41, 5.74) is 2.28. The van der Waals surface area contributed by atoms with Crippen molar-refractivity contribution in [3.8, 4) is 0 Å². The van der Waals surface area contributed by atoms with Crippen molar-refractivity contribution in [2.75, 3.05) is 37.8 Å². The van der Waals surface area contributed by atoms with Crippen molar-refractivity contribution >= 4 is 28.4 Å². The number of fused-ring (bicyclic) bond motifs is 1. The van der Waals surface area contributed by atoms with Gasteiger partial charge >= 0.3 is 0 Å². The van der Waals surface area contributed by atoms with Crippen LogP contribution in [-0.4, -0.2) is 59.0 Å². The van der Waals surface area contributed by atoms with Crippen molar-refractivity contribution < 1.29 is 4.79 Å². The summed E-state index contributed by atoms with van der Waals surface area (Å²) in [4.78, 5) is 27.8. The Morgan fingerprint density at radius 1 is 1.10 bits per heavy atom. The van der Waals surface area contributed by atoms with E-state index < -0.39 is 0 Å². The summed E-state index contributed by atoms with van der Waals surface area (Å²) >= 11 is 0. The Kier molecular flexibility index (Phi) is 6.04. The Hall–Kier alpha value is -3.26.